The highest BCUT2D eigenvalue weighted by molar-refractivity contribution is 5.79. The average molecular weight is 315 g/mol. The number of hydrogen-bond acceptors (Lipinski definition) is 3. The number of guanidine groups is 1. The number of benzene rings is 1. The summed E-state index contributed by atoms with van der Waals surface area (Å²) < 4.78 is 7.28. The van der Waals surface area contributed by atoms with Crippen molar-refractivity contribution in [3.63, 3.8) is 0 Å². The summed E-state index contributed by atoms with van der Waals surface area (Å²) in [7, 11) is 3.47. The second kappa shape index (κ2) is 8.82. The molecule has 2 N–H and O–H groups in total. The first kappa shape index (κ1) is 16.9. The summed E-state index contributed by atoms with van der Waals surface area (Å²) in [6.45, 7) is 4.48. The largest absolute Gasteiger partial charge is 0.496 e. The van der Waals surface area contributed by atoms with E-state index in [4.69, 9.17) is 4.74 Å². The van der Waals surface area contributed by atoms with Crippen LogP contribution in [-0.4, -0.2) is 36.4 Å². The molecule has 0 unspecified atom stereocenters. The molecular formula is C17H25N5O. The number of hydrogen-bond donors (Lipinski definition) is 2. The van der Waals surface area contributed by atoms with Crippen LogP contribution in [0.25, 0.3) is 0 Å². The fraction of sp³-hybridized carbons (Fsp3) is 0.412. The third kappa shape index (κ3) is 5.32. The van der Waals surface area contributed by atoms with E-state index in [0.29, 0.717) is 6.54 Å². The number of ether oxygens (including phenoxy) is 1. The highest BCUT2D eigenvalue weighted by Gasteiger charge is 2.02. The molecule has 2 aromatic rings. The van der Waals surface area contributed by atoms with Gasteiger partial charge in [-0.2, -0.15) is 5.10 Å². The van der Waals surface area contributed by atoms with Crippen LogP contribution in [0.3, 0.4) is 0 Å². The summed E-state index contributed by atoms with van der Waals surface area (Å²) in [5.41, 5.74) is 2.30. The van der Waals surface area contributed by atoms with Crippen molar-refractivity contribution in [2.24, 2.45) is 4.99 Å². The van der Waals surface area contributed by atoms with E-state index in [-0.39, 0.29) is 0 Å². The summed E-state index contributed by atoms with van der Waals surface area (Å²) in [5.74, 6) is 1.71. The topological polar surface area (TPSA) is 63.5 Å². The molecule has 2 rings (SSSR count). The Balaban J connectivity index is 1.74. The monoisotopic (exact) mass is 315 g/mol. The van der Waals surface area contributed by atoms with E-state index < -0.39 is 0 Å². The van der Waals surface area contributed by atoms with Crippen LogP contribution in [0.15, 0.2) is 41.7 Å². The number of aryl methyl sites for hydroxylation is 2. The maximum atomic E-state index is 5.35. The molecule has 0 amide bonds. The number of nitrogens with one attached hydrogen (secondary N) is 2. The minimum Gasteiger partial charge on any atom is -0.496 e. The highest BCUT2D eigenvalue weighted by Crippen LogP contribution is 2.18. The fourth-order valence-electron chi connectivity index (χ4n) is 2.26. The molecule has 0 aliphatic rings. The quantitative estimate of drug-likeness (QED) is 0.466. The SMILES string of the molecule is CN=C(NCCCn1cccn1)NCc1ccc(C)c(OC)c1. The number of methoxy groups -OCH3 is 1. The van der Waals surface area contributed by atoms with Crippen molar-refractivity contribution in [2.75, 3.05) is 20.7 Å². The highest BCUT2D eigenvalue weighted by atomic mass is 16.5. The molecule has 0 fully saturated rings. The third-order valence-corrected chi connectivity index (χ3v) is 3.57. The normalized spacial score (nSPS) is 11.3. The lowest BCUT2D eigenvalue weighted by molar-refractivity contribution is 0.411. The molecule has 23 heavy (non-hydrogen) atoms. The Morgan fingerprint density at radius 1 is 1.35 bits per heavy atom. The standard InChI is InChI=1S/C17H25N5O/c1-14-6-7-15(12-16(14)23-3)13-20-17(18-2)19-8-4-10-22-11-5-9-21-22/h5-7,9,11-12H,4,8,10,13H2,1-3H3,(H2,18,19,20). The lowest BCUT2D eigenvalue weighted by Crippen LogP contribution is -2.37. The number of nitrogens with zero attached hydrogens (tertiary/aromatic N) is 3. The Kier molecular flexibility index (Phi) is 6.47. The molecule has 6 heteroatoms. The van der Waals surface area contributed by atoms with Crippen LogP contribution < -0.4 is 15.4 Å². The maximum absolute atomic E-state index is 5.35. The van der Waals surface area contributed by atoms with Gasteiger partial charge in [-0.05, 0) is 36.6 Å². The Morgan fingerprint density at radius 3 is 2.91 bits per heavy atom. The van der Waals surface area contributed by atoms with E-state index in [1.807, 2.05) is 29.9 Å². The van der Waals surface area contributed by atoms with Gasteiger partial charge in [-0.1, -0.05) is 12.1 Å². The minimum atomic E-state index is 0.704. The van der Waals surface area contributed by atoms with Gasteiger partial charge in [0, 0.05) is 39.1 Å². The molecule has 0 saturated heterocycles. The van der Waals surface area contributed by atoms with Crippen molar-refractivity contribution in [3.8, 4) is 5.75 Å². The van der Waals surface area contributed by atoms with E-state index in [9.17, 15) is 0 Å². The Labute approximate surface area is 137 Å². The zero-order chi connectivity index (χ0) is 16.5. The molecule has 1 aromatic carbocycles. The van der Waals surface area contributed by atoms with E-state index in [2.05, 4.69) is 32.9 Å². The summed E-state index contributed by atoms with van der Waals surface area (Å²) in [6, 6.07) is 8.14. The van der Waals surface area contributed by atoms with Gasteiger partial charge < -0.3 is 15.4 Å². The Bertz CT molecular complexity index is 622. The lowest BCUT2D eigenvalue weighted by atomic mass is 10.1. The van der Waals surface area contributed by atoms with Crippen molar-refractivity contribution in [3.05, 3.63) is 47.8 Å². The van der Waals surface area contributed by atoms with Crippen LogP contribution in [0.2, 0.25) is 0 Å². The summed E-state index contributed by atoms with van der Waals surface area (Å²) in [5, 5.41) is 10.8. The summed E-state index contributed by atoms with van der Waals surface area (Å²) in [4.78, 5) is 4.24. The predicted molar refractivity (Wildman–Crippen MR) is 92.8 cm³/mol. The summed E-state index contributed by atoms with van der Waals surface area (Å²) >= 11 is 0. The van der Waals surface area contributed by atoms with E-state index in [1.54, 1.807) is 20.4 Å². The molecule has 0 aliphatic heterocycles. The number of aromatic nitrogens is 2. The molecule has 6 nitrogen and oxygen atoms in total. The minimum absolute atomic E-state index is 0.704. The molecule has 0 aliphatic carbocycles. The number of rotatable bonds is 7. The van der Waals surface area contributed by atoms with Crippen molar-refractivity contribution in [1.82, 2.24) is 20.4 Å². The molecule has 0 bridgehead atoms. The lowest BCUT2D eigenvalue weighted by Gasteiger charge is -2.13. The first-order chi connectivity index (χ1) is 11.2. The first-order valence-electron chi connectivity index (χ1n) is 7.78. The van der Waals surface area contributed by atoms with Crippen LogP contribution in [0.5, 0.6) is 5.75 Å². The first-order valence-corrected chi connectivity index (χ1v) is 7.78. The van der Waals surface area contributed by atoms with E-state index in [1.165, 1.54) is 0 Å². The van der Waals surface area contributed by atoms with Crippen LogP contribution in [0.4, 0.5) is 0 Å². The predicted octanol–water partition coefficient (Wildman–Crippen LogP) is 1.96. The Morgan fingerprint density at radius 2 is 2.22 bits per heavy atom. The maximum Gasteiger partial charge on any atom is 0.191 e. The van der Waals surface area contributed by atoms with Crippen LogP contribution in [-0.2, 0) is 13.1 Å². The summed E-state index contributed by atoms with van der Waals surface area (Å²) in [6.07, 6.45) is 4.75. The fourth-order valence-corrected chi connectivity index (χ4v) is 2.26. The zero-order valence-corrected chi connectivity index (χ0v) is 14.0. The van der Waals surface area contributed by atoms with E-state index in [0.717, 1.165) is 42.3 Å². The van der Waals surface area contributed by atoms with Crippen LogP contribution in [0, 0.1) is 6.92 Å². The molecule has 1 heterocycles. The van der Waals surface area contributed by atoms with Crippen molar-refractivity contribution in [1.29, 1.82) is 0 Å². The van der Waals surface area contributed by atoms with Crippen LogP contribution in [0.1, 0.15) is 17.5 Å². The van der Waals surface area contributed by atoms with Gasteiger partial charge in [0.25, 0.3) is 0 Å². The molecular weight excluding hydrogens is 290 g/mol. The van der Waals surface area contributed by atoms with Gasteiger partial charge in [0.05, 0.1) is 7.11 Å². The molecule has 0 atom stereocenters. The molecule has 0 radical (unpaired) electrons. The van der Waals surface area contributed by atoms with E-state index >= 15 is 0 Å². The smallest absolute Gasteiger partial charge is 0.191 e. The van der Waals surface area contributed by atoms with Crippen molar-refractivity contribution in [2.45, 2.75) is 26.4 Å². The second-order valence-corrected chi connectivity index (χ2v) is 5.28. The molecule has 1 aromatic heterocycles. The van der Waals surface area contributed by atoms with Gasteiger partial charge in [0.1, 0.15) is 5.75 Å². The van der Waals surface area contributed by atoms with Gasteiger partial charge in [-0.25, -0.2) is 0 Å². The number of aliphatic imine (C=N–C) groups is 1. The van der Waals surface area contributed by atoms with Crippen molar-refractivity contribution < 1.29 is 4.74 Å². The third-order valence-electron chi connectivity index (χ3n) is 3.57. The van der Waals surface area contributed by atoms with Crippen LogP contribution >= 0.6 is 0 Å². The van der Waals surface area contributed by atoms with Gasteiger partial charge in [-0.15, -0.1) is 0 Å². The molecule has 124 valence electrons. The Hall–Kier alpha value is -2.50. The molecule has 0 spiro atoms. The van der Waals surface area contributed by atoms with Crippen molar-refractivity contribution >= 4 is 5.96 Å². The van der Waals surface area contributed by atoms with Gasteiger partial charge in [-0.3, -0.25) is 9.67 Å². The van der Waals surface area contributed by atoms with Gasteiger partial charge >= 0.3 is 0 Å². The van der Waals surface area contributed by atoms with Gasteiger partial charge in [0.2, 0.25) is 0 Å². The zero-order valence-electron chi connectivity index (χ0n) is 14.0. The second-order valence-electron chi connectivity index (χ2n) is 5.28. The average Bonchev–Trinajstić information content (AvgIpc) is 3.09. The molecule has 0 saturated carbocycles. The van der Waals surface area contributed by atoms with Gasteiger partial charge in [0.15, 0.2) is 5.96 Å².